The Balaban J connectivity index is 1.81. The predicted octanol–water partition coefficient (Wildman–Crippen LogP) is 4.96. The van der Waals surface area contributed by atoms with Gasteiger partial charge in [0, 0.05) is 37.3 Å². The quantitative estimate of drug-likeness (QED) is 0.339. The molecule has 0 radical (unpaired) electrons. The molecule has 33 heavy (non-hydrogen) atoms. The summed E-state index contributed by atoms with van der Waals surface area (Å²) in [7, 11) is 3.95. The fourth-order valence-electron chi connectivity index (χ4n) is 3.89. The highest BCUT2D eigenvalue weighted by atomic mass is 32.2. The average molecular weight is 465 g/mol. The maximum absolute atomic E-state index is 13.0. The van der Waals surface area contributed by atoms with Gasteiger partial charge < -0.3 is 14.5 Å². The van der Waals surface area contributed by atoms with Crippen LogP contribution in [0.4, 0.5) is 11.4 Å². The second-order valence-corrected chi connectivity index (χ2v) is 8.63. The Morgan fingerprint density at radius 3 is 2.42 bits per heavy atom. The molecule has 170 valence electrons. The van der Waals surface area contributed by atoms with E-state index in [0.717, 1.165) is 27.7 Å². The van der Waals surface area contributed by atoms with Crippen molar-refractivity contribution in [1.82, 2.24) is 4.90 Å². The fourth-order valence-corrected chi connectivity index (χ4v) is 4.86. The molecule has 0 spiro atoms. The molecule has 0 aliphatic carbocycles. The second-order valence-electron chi connectivity index (χ2n) is 7.80. The maximum Gasteiger partial charge on any atom is 0.338 e. The summed E-state index contributed by atoms with van der Waals surface area (Å²) in [5.41, 5.74) is 4.71. The van der Waals surface area contributed by atoms with Crippen LogP contribution in [0.2, 0.25) is 0 Å². The number of non-ortho nitro benzene ring substituents is 1. The molecule has 0 fully saturated rings. The zero-order valence-electron chi connectivity index (χ0n) is 18.8. The fraction of sp³-hybridized carbons (Fsp3) is 0.250. The van der Waals surface area contributed by atoms with Gasteiger partial charge in [-0.1, -0.05) is 23.9 Å². The predicted molar refractivity (Wildman–Crippen MR) is 131 cm³/mol. The zero-order valence-corrected chi connectivity index (χ0v) is 19.6. The number of nitrogens with zero attached hydrogens (tertiary/aromatic N) is 4. The van der Waals surface area contributed by atoms with Crippen LogP contribution in [0.15, 0.2) is 70.2 Å². The van der Waals surface area contributed by atoms with Gasteiger partial charge in [-0.05, 0) is 49.2 Å². The van der Waals surface area contributed by atoms with Gasteiger partial charge in [0.05, 0.1) is 34.5 Å². The van der Waals surface area contributed by atoms with E-state index in [1.54, 1.807) is 19.1 Å². The first-order valence-corrected chi connectivity index (χ1v) is 11.3. The van der Waals surface area contributed by atoms with E-state index in [1.165, 1.54) is 23.9 Å². The molecule has 2 aromatic carbocycles. The van der Waals surface area contributed by atoms with Crippen molar-refractivity contribution in [2.45, 2.75) is 19.9 Å². The number of allylic oxidation sites excluding steroid dienone is 1. The summed E-state index contributed by atoms with van der Waals surface area (Å²) in [4.78, 5) is 32.4. The monoisotopic (exact) mass is 464 g/mol. The number of hydrogen-bond donors (Lipinski definition) is 0. The Hall–Kier alpha value is -3.59. The number of aliphatic imine (C=N–C) groups is 1. The van der Waals surface area contributed by atoms with Crippen molar-refractivity contribution in [1.29, 1.82) is 0 Å². The molecule has 4 rings (SSSR count). The van der Waals surface area contributed by atoms with E-state index in [0.29, 0.717) is 11.3 Å². The third-order valence-electron chi connectivity index (χ3n) is 5.52. The van der Waals surface area contributed by atoms with Crippen LogP contribution in [0.25, 0.3) is 5.70 Å². The molecule has 0 amide bonds. The van der Waals surface area contributed by atoms with Gasteiger partial charge >= 0.3 is 5.97 Å². The molecule has 2 aromatic rings. The molecule has 0 bridgehead atoms. The summed E-state index contributed by atoms with van der Waals surface area (Å²) in [6.07, 6.45) is 0. The topological polar surface area (TPSA) is 88.3 Å². The van der Waals surface area contributed by atoms with E-state index < -0.39 is 16.9 Å². The highest BCUT2D eigenvalue weighted by Gasteiger charge is 2.41. The second kappa shape index (κ2) is 9.11. The number of fused-ring (bicyclic) bond motifs is 1. The Labute approximate surface area is 196 Å². The Morgan fingerprint density at radius 1 is 1.18 bits per heavy atom. The van der Waals surface area contributed by atoms with Crippen LogP contribution >= 0.6 is 11.8 Å². The normalized spacial score (nSPS) is 17.3. The van der Waals surface area contributed by atoms with E-state index >= 15 is 0 Å². The van der Waals surface area contributed by atoms with Crippen molar-refractivity contribution in [2.24, 2.45) is 4.99 Å². The maximum atomic E-state index is 13.0. The number of amidine groups is 1. The van der Waals surface area contributed by atoms with E-state index in [9.17, 15) is 14.9 Å². The van der Waals surface area contributed by atoms with Gasteiger partial charge in [0.2, 0.25) is 0 Å². The van der Waals surface area contributed by atoms with Crippen LogP contribution in [0, 0.1) is 10.1 Å². The Bertz CT molecular complexity index is 1180. The number of anilines is 1. The number of benzene rings is 2. The molecular weight excluding hydrogens is 440 g/mol. The zero-order chi connectivity index (χ0) is 23.7. The molecular formula is C24H24N4O4S. The molecule has 8 nitrogen and oxygen atoms in total. The first kappa shape index (κ1) is 22.6. The third kappa shape index (κ3) is 4.23. The molecule has 0 saturated heterocycles. The number of carbonyl (C=O) groups excluding carboxylic acids is 1. The molecule has 2 aliphatic heterocycles. The van der Waals surface area contributed by atoms with E-state index in [1.807, 2.05) is 60.5 Å². The number of esters is 1. The number of thioether (sulfide) groups is 1. The van der Waals surface area contributed by atoms with Crippen molar-refractivity contribution in [3.63, 3.8) is 0 Å². The SMILES string of the molecule is CCOC(=O)C1=C(C)N=C2SC=C(c3ccc([N+](=O)[O-])cc3)N2[C@H]1c1ccc(N(C)C)cc1. The van der Waals surface area contributed by atoms with E-state index in [2.05, 4.69) is 4.99 Å². The number of nitro groups is 1. The first-order chi connectivity index (χ1) is 15.8. The van der Waals surface area contributed by atoms with Crippen molar-refractivity contribution < 1.29 is 14.5 Å². The van der Waals surface area contributed by atoms with Gasteiger partial charge in [0.25, 0.3) is 5.69 Å². The van der Waals surface area contributed by atoms with Gasteiger partial charge in [-0.2, -0.15) is 0 Å². The first-order valence-electron chi connectivity index (χ1n) is 10.5. The van der Waals surface area contributed by atoms with Crippen LogP contribution in [0.1, 0.15) is 31.0 Å². The minimum absolute atomic E-state index is 0.0244. The van der Waals surface area contributed by atoms with Gasteiger partial charge in [-0.25, -0.2) is 9.79 Å². The molecule has 9 heteroatoms. The Kier molecular flexibility index (Phi) is 6.24. The van der Waals surface area contributed by atoms with Crippen LogP contribution in [-0.4, -0.2) is 41.7 Å². The number of nitro benzene ring substituents is 1. The Morgan fingerprint density at radius 2 is 1.85 bits per heavy atom. The minimum Gasteiger partial charge on any atom is -0.463 e. The summed E-state index contributed by atoms with van der Waals surface area (Å²) >= 11 is 1.46. The molecule has 2 aliphatic rings. The lowest BCUT2D eigenvalue weighted by Gasteiger charge is -2.36. The summed E-state index contributed by atoms with van der Waals surface area (Å²) in [6.45, 7) is 3.86. The summed E-state index contributed by atoms with van der Waals surface area (Å²) < 4.78 is 5.39. The van der Waals surface area contributed by atoms with Gasteiger partial charge in [-0.3, -0.25) is 10.1 Å². The third-order valence-corrected chi connectivity index (χ3v) is 6.36. The molecule has 0 saturated carbocycles. The van der Waals surface area contributed by atoms with Crippen LogP contribution < -0.4 is 4.90 Å². The minimum atomic E-state index is -0.441. The van der Waals surface area contributed by atoms with Crippen LogP contribution in [0.3, 0.4) is 0 Å². The number of carbonyl (C=O) groups is 1. The van der Waals surface area contributed by atoms with E-state index in [-0.39, 0.29) is 12.3 Å². The number of hydrogen-bond acceptors (Lipinski definition) is 8. The van der Waals surface area contributed by atoms with Crippen LogP contribution in [0.5, 0.6) is 0 Å². The largest absolute Gasteiger partial charge is 0.463 e. The van der Waals surface area contributed by atoms with Gasteiger partial charge in [0.1, 0.15) is 0 Å². The molecule has 0 unspecified atom stereocenters. The van der Waals surface area contributed by atoms with Crippen molar-refractivity contribution in [3.05, 3.63) is 86.5 Å². The highest BCUT2D eigenvalue weighted by Crippen LogP contribution is 2.47. The molecule has 1 atom stereocenters. The van der Waals surface area contributed by atoms with Gasteiger partial charge in [-0.15, -0.1) is 0 Å². The number of ether oxygens (including phenoxy) is 1. The lowest BCUT2D eigenvalue weighted by atomic mass is 9.93. The standard InChI is InChI=1S/C24H24N4O4S/c1-5-32-23(29)21-15(2)25-24-27(22(21)17-8-10-18(11-9-17)26(3)4)20(14-33-24)16-6-12-19(13-7-16)28(30)31/h6-14,22H,5H2,1-4H3/t22-/m0/s1. The highest BCUT2D eigenvalue weighted by molar-refractivity contribution is 8.16. The molecule has 0 aromatic heterocycles. The average Bonchev–Trinajstić information content (AvgIpc) is 3.21. The molecule has 2 heterocycles. The molecule has 0 N–H and O–H groups in total. The van der Waals surface area contributed by atoms with Crippen molar-refractivity contribution in [2.75, 3.05) is 25.6 Å². The van der Waals surface area contributed by atoms with E-state index in [4.69, 9.17) is 4.74 Å². The summed E-state index contributed by atoms with van der Waals surface area (Å²) in [6, 6.07) is 14.0. The summed E-state index contributed by atoms with van der Waals surface area (Å²) in [5.74, 6) is -0.403. The van der Waals surface area contributed by atoms with Gasteiger partial charge in [0.15, 0.2) is 5.17 Å². The lowest BCUT2D eigenvalue weighted by Crippen LogP contribution is -2.36. The van der Waals surface area contributed by atoms with Crippen molar-refractivity contribution in [3.8, 4) is 0 Å². The van der Waals surface area contributed by atoms with Crippen LogP contribution in [-0.2, 0) is 9.53 Å². The van der Waals surface area contributed by atoms with Crippen molar-refractivity contribution >= 4 is 40.0 Å². The smallest absolute Gasteiger partial charge is 0.338 e. The lowest BCUT2D eigenvalue weighted by molar-refractivity contribution is -0.384. The summed E-state index contributed by atoms with van der Waals surface area (Å²) in [5, 5.41) is 13.8. The number of rotatable bonds is 6.